The minimum atomic E-state index is -0.226. The summed E-state index contributed by atoms with van der Waals surface area (Å²) in [5.74, 6) is 2.16. The highest BCUT2D eigenvalue weighted by atomic mass is 32.2. The molecular weight excluding hydrogens is 437 g/mol. The average molecular weight is 466 g/mol. The zero-order chi connectivity index (χ0) is 22.6. The van der Waals surface area contributed by atoms with Crippen LogP contribution in [-0.2, 0) is 0 Å². The van der Waals surface area contributed by atoms with Gasteiger partial charge in [0.1, 0.15) is 30.0 Å². The second kappa shape index (κ2) is 10.1. The summed E-state index contributed by atoms with van der Waals surface area (Å²) in [7, 11) is 0. The number of aromatic hydroxyl groups is 1. The Hall–Kier alpha value is -2.70. The van der Waals surface area contributed by atoms with Gasteiger partial charge in [-0.25, -0.2) is 0 Å². The number of para-hydroxylation sites is 1. The molecule has 2 heterocycles. The molecule has 4 nitrogen and oxygen atoms in total. The molecule has 0 radical (unpaired) electrons. The number of fused-ring (bicyclic) bond motifs is 1. The van der Waals surface area contributed by atoms with Crippen molar-refractivity contribution in [2.45, 2.75) is 22.7 Å². The monoisotopic (exact) mass is 465 g/mol. The number of rotatable bonds is 7. The number of hydrogen-bond donors (Lipinski definition) is 1. The molecule has 3 aromatic rings. The van der Waals surface area contributed by atoms with Gasteiger partial charge in [0.15, 0.2) is 0 Å². The molecule has 6 heteroatoms. The molecule has 0 spiro atoms. The lowest BCUT2D eigenvalue weighted by Crippen LogP contribution is -2.26. The fourth-order valence-corrected chi connectivity index (χ4v) is 5.77. The van der Waals surface area contributed by atoms with Gasteiger partial charge in [-0.15, -0.1) is 11.8 Å². The van der Waals surface area contributed by atoms with Crippen LogP contribution in [0.4, 0.5) is 4.39 Å². The highest BCUT2D eigenvalue weighted by molar-refractivity contribution is 7.99. The maximum absolute atomic E-state index is 12.8. The largest absolute Gasteiger partial charge is 0.508 e. The van der Waals surface area contributed by atoms with Gasteiger partial charge in [-0.2, -0.15) is 0 Å². The molecule has 0 aliphatic carbocycles. The third-order valence-corrected chi connectivity index (χ3v) is 7.69. The van der Waals surface area contributed by atoms with E-state index < -0.39 is 0 Å². The van der Waals surface area contributed by atoms with Crippen molar-refractivity contribution in [3.05, 3.63) is 83.9 Å². The van der Waals surface area contributed by atoms with Crippen molar-refractivity contribution in [1.29, 1.82) is 0 Å². The first kappa shape index (κ1) is 22.1. The number of likely N-dealkylation sites (tertiary alicyclic amines) is 1. The van der Waals surface area contributed by atoms with E-state index in [-0.39, 0.29) is 29.7 Å². The van der Waals surface area contributed by atoms with Gasteiger partial charge < -0.3 is 14.6 Å². The molecule has 1 N–H and O–H groups in total. The highest BCUT2D eigenvalue weighted by Gasteiger charge is 2.33. The Labute approximate surface area is 198 Å². The Morgan fingerprint density at radius 1 is 1.00 bits per heavy atom. The van der Waals surface area contributed by atoms with Gasteiger partial charge in [0.25, 0.3) is 0 Å². The Morgan fingerprint density at radius 2 is 1.76 bits per heavy atom. The van der Waals surface area contributed by atoms with Crippen molar-refractivity contribution in [2.24, 2.45) is 5.92 Å². The van der Waals surface area contributed by atoms with Crippen molar-refractivity contribution in [3.8, 4) is 17.2 Å². The van der Waals surface area contributed by atoms with Crippen molar-refractivity contribution < 1.29 is 19.0 Å². The van der Waals surface area contributed by atoms with Crippen LogP contribution >= 0.6 is 11.8 Å². The van der Waals surface area contributed by atoms with Crippen molar-refractivity contribution in [2.75, 3.05) is 32.9 Å². The molecule has 33 heavy (non-hydrogen) atoms. The molecule has 1 fully saturated rings. The molecule has 3 aromatic carbocycles. The highest BCUT2D eigenvalue weighted by Crippen LogP contribution is 2.53. The fourth-order valence-electron chi connectivity index (χ4n) is 4.48. The van der Waals surface area contributed by atoms with Crippen molar-refractivity contribution in [1.82, 2.24) is 4.90 Å². The van der Waals surface area contributed by atoms with Gasteiger partial charge in [0.05, 0.1) is 16.8 Å². The van der Waals surface area contributed by atoms with Crippen molar-refractivity contribution >= 4 is 11.8 Å². The van der Waals surface area contributed by atoms with Crippen LogP contribution in [-0.4, -0.2) is 42.9 Å². The molecule has 1 saturated heterocycles. The summed E-state index contributed by atoms with van der Waals surface area (Å²) in [4.78, 5) is 3.38. The first-order valence-corrected chi connectivity index (χ1v) is 12.3. The second-order valence-corrected chi connectivity index (χ2v) is 9.83. The van der Waals surface area contributed by atoms with Gasteiger partial charge in [-0.05, 0) is 60.5 Å². The topological polar surface area (TPSA) is 41.9 Å². The maximum Gasteiger partial charge on any atom is 0.140 e. The van der Waals surface area contributed by atoms with Crippen LogP contribution in [0, 0.1) is 5.92 Å². The third-order valence-electron chi connectivity index (χ3n) is 6.33. The van der Waals surface area contributed by atoms with E-state index in [1.54, 1.807) is 23.9 Å². The lowest BCUT2D eigenvalue weighted by atomic mass is 10.00. The van der Waals surface area contributed by atoms with E-state index in [0.29, 0.717) is 6.61 Å². The summed E-state index contributed by atoms with van der Waals surface area (Å²) >= 11 is 1.78. The van der Waals surface area contributed by atoms with Crippen LogP contribution in [0.1, 0.15) is 28.9 Å². The SMILES string of the molecule is Oc1ccc([C@H]2Sc3ccccc3O[C@H]2c2ccc(OCCN3CC[C@@H](CF)C3)cc2)cc1. The lowest BCUT2D eigenvalue weighted by molar-refractivity contribution is 0.190. The molecule has 5 rings (SSSR count). The molecular formula is C27H28FNO3S. The Morgan fingerprint density at radius 3 is 2.52 bits per heavy atom. The number of thioether (sulfide) groups is 1. The van der Waals surface area contributed by atoms with Crippen LogP contribution < -0.4 is 9.47 Å². The van der Waals surface area contributed by atoms with E-state index >= 15 is 0 Å². The maximum atomic E-state index is 12.8. The smallest absolute Gasteiger partial charge is 0.140 e. The van der Waals surface area contributed by atoms with E-state index in [0.717, 1.165) is 53.6 Å². The van der Waals surface area contributed by atoms with Crippen LogP contribution in [0.2, 0.25) is 0 Å². The third kappa shape index (κ3) is 5.12. The minimum Gasteiger partial charge on any atom is -0.508 e. The normalized spacial score (nSPS) is 22.5. The number of phenolic OH excluding ortho intramolecular Hbond substituents is 1. The van der Waals surface area contributed by atoms with Crippen LogP contribution in [0.25, 0.3) is 0 Å². The van der Waals surface area contributed by atoms with E-state index in [9.17, 15) is 9.50 Å². The first-order chi connectivity index (χ1) is 16.2. The summed E-state index contributed by atoms with van der Waals surface area (Å²) in [6.07, 6.45) is 0.779. The molecule has 2 aliphatic rings. The zero-order valence-electron chi connectivity index (χ0n) is 18.4. The fraction of sp³-hybridized carbons (Fsp3) is 0.333. The predicted octanol–water partition coefficient (Wildman–Crippen LogP) is 6.03. The minimum absolute atomic E-state index is 0.0610. The number of alkyl halides is 1. The van der Waals surface area contributed by atoms with E-state index in [4.69, 9.17) is 9.47 Å². The zero-order valence-corrected chi connectivity index (χ0v) is 19.2. The Bertz CT molecular complexity index is 1060. The molecule has 0 aromatic heterocycles. The van der Waals surface area contributed by atoms with Gasteiger partial charge in [-0.1, -0.05) is 36.4 Å². The molecule has 0 amide bonds. The number of halogens is 1. The van der Waals surface area contributed by atoms with Gasteiger partial charge in [-0.3, -0.25) is 9.29 Å². The summed E-state index contributed by atoms with van der Waals surface area (Å²) in [6.45, 7) is 2.97. The van der Waals surface area contributed by atoms with Gasteiger partial charge in [0, 0.05) is 19.0 Å². The molecule has 0 saturated carbocycles. The van der Waals surface area contributed by atoms with E-state index in [1.807, 2.05) is 42.5 Å². The average Bonchev–Trinajstić information content (AvgIpc) is 3.32. The lowest BCUT2D eigenvalue weighted by Gasteiger charge is -2.33. The molecule has 2 aliphatic heterocycles. The molecule has 3 atom stereocenters. The summed E-state index contributed by atoms with van der Waals surface area (Å²) in [5, 5.41) is 9.78. The van der Waals surface area contributed by atoms with Gasteiger partial charge >= 0.3 is 0 Å². The van der Waals surface area contributed by atoms with Crippen LogP contribution in [0.3, 0.4) is 0 Å². The summed E-state index contributed by atoms with van der Waals surface area (Å²) in [6, 6.07) is 23.6. The number of phenols is 1. The van der Waals surface area contributed by atoms with Crippen LogP contribution in [0.15, 0.2) is 77.7 Å². The number of hydrogen-bond acceptors (Lipinski definition) is 5. The standard InChI is InChI=1S/C27H28FNO3S/c28-17-19-13-14-29(18-19)15-16-31-23-11-7-20(8-12-23)26-27(21-5-9-22(30)10-6-21)33-25-4-2-1-3-24(25)32-26/h1-12,19,26-27,30H,13-18H2/t19-,26-,27+/m0/s1. The van der Waals surface area contributed by atoms with Gasteiger partial charge in [0.2, 0.25) is 0 Å². The molecule has 0 bridgehead atoms. The second-order valence-electron chi connectivity index (χ2n) is 8.64. The van der Waals surface area contributed by atoms with Crippen LogP contribution in [0.5, 0.6) is 17.2 Å². The quantitative estimate of drug-likeness (QED) is 0.461. The molecule has 172 valence electrons. The first-order valence-electron chi connectivity index (χ1n) is 11.4. The predicted molar refractivity (Wildman–Crippen MR) is 129 cm³/mol. The number of nitrogens with zero attached hydrogens (tertiary/aromatic N) is 1. The molecule has 0 unspecified atom stereocenters. The Balaban J connectivity index is 1.28. The van der Waals surface area contributed by atoms with E-state index in [2.05, 4.69) is 23.1 Å². The Kier molecular flexibility index (Phi) is 6.74. The van der Waals surface area contributed by atoms with Crippen molar-refractivity contribution in [3.63, 3.8) is 0 Å². The number of benzene rings is 3. The number of ether oxygens (including phenoxy) is 2. The van der Waals surface area contributed by atoms with E-state index in [1.165, 1.54) is 0 Å². The summed E-state index contributed by atoms with van der Waals surface area (Å²) in [5.41, 5.74) is 2.18. The summed E-state index contributed by atoms with van der Waals surface area (Å²) < 4.78 is 25.2.